The number of nitrogens with one attached hydrogen (secondary N) is 1. The summed E-state index contributed by atoms with van der Waals surface area (Å²) in [6.07, 6.45) is 8.47. The Morgan fingerprint density at radius 2 is 1.80 bits per heavy atom. The molecule has 2 N–H and O–H groups in total. The van der Waals surface area contributed by atoms with Crippen molar-refractivity contribution in [2.75, 3.05) is 6.54 Å². The van der Waals surface area contributed by atoms with E-state index in [9.17, 15) is 4.79 Å². The highest BCUT2D eigenvalue weighted by molar-refractivity contribution is 5.70. The zero-order valence-corrected chi connectivity index (χ0v) is 12.1. The second-order valence-electron chi connectivity index (χ2n) is 5.86. The molecular formula is C17H25NO2. The number of rotatable bonds is 8. The third-order valence-electron chi connectivity index (χ3n) is 4.15. The molecule has 0 aliphatic heterocycles. The molecular weight excluding hydrogens is 250 g/mol. The molecule has 1 saturated carbocycles. The van der Waals surface area contributed by atoms with Crippen LogP contribution in [0.25, 0.3) is 0 Å². The van der Waals surface area contributed by atoms with Crippen LogP contribution in [0.3, 0.4) is 0 Å². The second kappa shape index (κ2) is 8.05. The Hall–Kier alpha value is -1.35. The lowest BCUT2D eigenvalue weighted by Gasteiger charge is -2.09. The van der Waals surface area contributed by atoms with Crippen LogP contribution in [0, 0.1) is 5.92 Å². The third-order valence-corrected chi connectivity index (χ3v) is 4.15. The van der Waals surface area contributed by atoms with Gasteiger partial charge in [0.2, 0.25) is 0 Å². The van der Waals surface area contributed by atoms with Crippen molar-refractivity contribution in [1.82, 2.24) is 5.32 Å². The molecule has 20 heavy (non-hydrogen) atoms. The van der Waals surface area contributed by atoms with E-state index in [4.69, 9.17) is 5.11 Å². The van der Waals surface area contributed by atoms with Crippen molar-refractivity contribution < 1.29 is 9.90 Å². The lowest BCUT2D eigenvalue weighted by Crippen LogP contribution is -2.15. The predicted molar refractivity (Wildman–Crippen MR) is 80.7 cm³/mol. The fourth-order valence-electron chi connectivity index (χ4n) is 3.00. The smallest absolute Gasteiger partial charge is 0.307 e. The Morgan fingerprint density at radius 3 is 2.45 bits per heavy atom. The van der Waals surface area contributed by atoms with Crippen LogP contribution in [0.15, 0.2) is 24.3 Å². The summed E-state index contributed by atoms with van der Waals surface area (Å²) in [5.41, 5.74) is 2.09. The van der Waals surface area contributed by atoms with Crippen LogP contribution in [0.4, 0.5) is 0 Å². The van der Waals surface area contributed by atoms with Crippen LogP contribution in [-0.2, 0) is 17.8 Å². The largest absolute Gasteiger partial charge is 0.481 e. The lowest BCUT2D eigenvalue weighted by molar-refractivity contribution is -0.136. The van der Waals surface area contributed by atoms with Crippen LogP contribution in [0.5, 0.6) is 0 Å². The molecule has 1 aromatic rings. The summed E-state index contributed by atoms with van der Waals surface area (Å²) < 4.78 is 0. The van der Waals surface area contributed by atoms with E-state index in [2.05, 4.69) is 5.32 Å². The fourth-order valence-corrected chi connectivity index (χ4v) is 3.00. The van der Waals surface area contributed by atoms with Crippen molar-refractivity contribution in [3.63, 3.8) is 0 Å². The summed E-state index contributed by atoms with van der Waals surface area (Å²) in [6, 6.07) is 7.85. The van der Waals surface area contributed by atoms with Gasteiger partial charge in [-0.1, -0.05) is 49.9 Å². The third kappa shape index (κ3) is 5.33. The number of carboxylic acid groups (broad SMARTS) is 1. The predicted octanol–water partition coefficient (Wildman–Crippen LogP) is 3.37. The molecule has 0 saturated heterocycles. The topological polar surface area (TPSA) is 49.3 Å². The maximum Gasteiger partial charge on any atom is 0.307 e. The van der Waals surface area contributed by atoms with Crippen molar-refractivity contribution in [2.45, 2.75) is 51.5 Å². The highest BCUT2D eigenvalue weighted by Gasteiger charge is 2.13. The van der Waals surface area contributed by atoms with Crippen molar-refractivity contribution in [2.24, 2.45) is 5.92 Å². The molecule has 3 heteroatoms. The van der Waals surface area contributed by atoms with Gasteiger partial charge in [0.1, 0.15) is 0 Å². The molecule has 110 valence electrons. The van der Waals surface area contributed by atoms with E-state index in [-0.39, 0.29) is 6.42 Å². The maximum absolute atomic E-state index is 10.6. The Kier molecular flexibility index (Phi) is 6.06. The molecule has 1 fully saturated rings. The van der Waals surface area contributed by atoms with Crippen LogP contribution in [-0.4, -0.2) is 17.6 Å². The molecule has 0 atom stereocenters. The summed E-state index contributed by atoms with van der Waals surface area (Å²) in [5.74, 6) is 0.204. The number of carbonyl (C=O) groups is 1. The van der Waals surface area contributed by atoms with Crippen LogP contribution in [0.2, 0.25) is 0 Å². The van der Waals surface area contributed by atoms with Crippen LogP contribution in [0.1, 0.15) is 49.7 Å². The quantitative estimate of drug-likeness (QED) is 0.715. The molecule has 3 nitrogen and oxygen atoms in total. The second-order valence-corrected chi connectivity index (χ2v) is 5.86. The van der Waals surface area contributed by atoms with E-state index >= 15 is 0 Å². The van der Waals surface area contributed by atoms with Gasteiger partial charge < -0.3 is 10.4 Å². The first-order valence-corrected chi connectivity index (χ1v) is 7.74. The van der Waals surface area contributed by atoms with E-state index in [1.165, 1.54) is 44.1 Å². The van der Waals surface area contributed by atoms with Gasteiger partial charge in [0.25, 0.3) is 0 Å². The van der Waals surface area contributed by atoms with E-state index in [1.807, 2.05) is 24.3 Å². The molecule has 0 spiro atoms. The van der Waals surface area contributed by atoms with E-state index in [0.717, 1.165) is 24.6 Å². The highest BCUT2D eigenvalue weighted by atomic mass is 16.4. The number of aliphatic carboxylic acids is 1. The molecule has 0 bridgehead atoms. The number of carboxylic acids is 1. The van der Waals surface area contributed by atoms with Gasteiger partial charge in [0.15, 0.2) is 0 Å². The van der Waals surface area contributed by atoms with Gasteiger partial charge in [-0.2, -0.15) is 0 Å². The Bertz CT molecular complexity index is 408. The first kappa shape index (κ1) is 15.0. The Labute approximate surface area is 121 Å². The minimum atomic E-state index is -0.775. The summed E-state index contributed by atoms with van der Waals surface area (Å²) in [5, 5.41) is 12.2. The van der Waals surface area contributed by atoms with Gasteiger partial charge in [-0.05, 0) is 36.4 Å². The molecule has 0 unspecified atom stereocenters. The minimum absolute atomic E-state index is 0.106. The average Bonchev–Trinajstić information content (AvgIpc) is 2.93. The molecule has 1 aliphatic rings. The van der Waals surface area contributed by atoms with E-state index in [0.29, 0.717) is 0 Å². The molecule has 0 heterocycles. The minimum Gasteiger partial charge on any atom is -0.481 e. The van der Waals surface area contributed by atoms with Crippen molar-refractivity contribution >= 4 is 5.97 Å². The monoisotopic (exact) mass is 275 g/mol. The zero-order chi connectivity index (χ0) is 14.2. The summed E-state index contributed by atoms with van der Waals surface area (Å²) in [6.45, 7) is 1.95. The summed E-state index contributed by atoms with van der Waals surface area (Å²) in [7, 11) is 0. The molecule has 0 radical (unpaired) electrons. The van der Waals surface area contributed by atoms with E-state index < -0.39 is 5.97 Å². The van der Waals surface area contributed by atoms with Crippen molar-refractivity contribution in [3.8, 4) is 0 Å². The van der Waals surface area contributed by atoms with Gasteiger partial charge >= 0.3 is 5.97 Å². The summed E-state index contributed by atoms with van der Waals surface area (Å²) in [4.78, 5) is 10.6. The van der Waals surface area contributed by atoms with Gasteiger partial charge in [-0.25, -0.2) is 0 Å². The van der Waals surface area contributed by atoms with E-state index in [1.54, 1.807) is 0 Å². The first-order chi connectivity index (χ1) is 9.74. The van der Waals surface area contributed by atoms with Crippen molar-refractivity contribution in [1.29, 1.82) is 0 Å². The molecule has 2 rings (SSSR count). The van der Waals surface area contributed by atoms with Crippen molar-refractivity contribution in [3.05, 3.63) is 35.4 Å². The maximum atomic E-state index is 10.6. The number of benzene rings is 1. The van der Waals surface area contributed by atoms with Gasteiger partial charge in [-0.3, -0.25) is 4.79 Å². The first-order valence-electron chi connectivity index (χ1n) is 7.74. The normalized spacial score (nSPS) is 15.6. The van der Waals surface area contributed by atoms with Crippen LogP contribution >= 0.6 is 0 Å². The molecule has 0 amide bonds. The molecule has 1 aliphatic carbocycles. The fraction of sp³-hybridized carbons (Fsp3) is 0.588. The van der Waals surface area contributed by atoms with Gasteiger partial charge in [0, 0.05) is 6.54 Å². The standard InChI is InChI=1S/C17H25NO2/c19-17(20)12-15-7-9-16(10-8-15)13-18-11-3-6-14-4-1-2-5-14/h7-10,14,18H,1-6,11-13H2,(H,19,20). The van der Waals surface area contributed by atoms with Gasteiger partial charge in [0.05, 0.1) is 6.42 Å². The lowest BCUT2D eigenvalue weighted by atomic mass is 10.0. The highest BCUT2D eigenvalue weighted by Crippen LogP contribution is 2.28. The SMILES string of the molecule is O=C(O)Cc1ccc(CNCCCC2CCCC2)cc1. The Balaban J connectivity index is 1.60. The average molecular weight is 275 g/mol. The van der Waals surface area contributed by atoms with Gasteiger partial charge in [-0.15, -0.1) is 0 Å². The Morgan fingerprint density at radius 1 is 1.15 bits per heavy atom. The molecule has 1 aromatic carbocycles. The van der Waals surface area contributed by atoms with Crippen LogP contribution < -0.4 is 5.32 Å². The zero-order valence-electron chi connectivity index (χ0n) is 12.1. The number of hydrogen-bond donors (Lipinski definition) is 2. The molecule has 0 aromatic heterocycles. The summed E-state index contributed by atoms with van der Waals surface area (Å²) >= 11 is 0. The number of hydrogen-bond acceptors (Lipinski definition) is 2.